The zero-order chi connectivity index (χ0) is 26.3. The number of hydrogen-bond acceptors (Lipinski definition) is 9. The molecule has 1 atom stereocenters. The van der Waals surface area contributed by atoms with E-state index in [9.17, 15) is 14.7 Å². The van der Waals surface area contributed by atoms with Gasteiger partial charge in [0.05, 0.1) is 5.69 Å². The largest absolute Gasteiger partial charge is 0.492 e. The summed E-state index contributed by atoms with van der Waals surface area (Å²) in [6, 6.07) is 6.92. The monoisotopic (exact) mass is 520 g/mol. The first kappa shape index (κ1) is 24.6. The van der Waals surface area contributed by atoms with Gasteiger partial charge in [0.2, 0.25) is 11.8 Å². The molecule has 0 spiro atoms. The van der Waals surface area contributed by atoms with Crippen molar-refractivity contribution in [3.63, 3.8) is 0 Å². The third kappa shape index (κ3) is 5.10. The lowest BCUT2D eigenvalue weighted by molar-refractivity contribution is -0.114. The molecule has 1 fully saturated rings. The van der Waals surface area contributed by atoms with E-state index in [-0.39, 0.29) is 40.8 Å². The number of fused-ring (bicyclic) bond motifs is 1. The Morgan fingerprint density at radius 3 is 2.76 bits per heavy atom. The molecule has 11 nitrogen and oxygen atoms in total. The summed E-state index contributed by atoms with van der Waals surface area (Å²) in [7, 11) is 0. The normalized spacial score (nSPS) is 15.2. The zero-order valence-electron chi connectivity index (χ0n) is 20.8. The summed E-state index contributed by atoms with van der Waals surface area (Å²) < 4.78 is 4.00. The van der Waals surface area contributed by atoms with Crippen molar-refractivity contribution in [2.24, 2.45) is 5.92 Å². The Kier molecular flexibility index (Phi) is 6.50. The van der Waals surface area contributed by atoms with Crippen LogP contribution in [0.2, 0.25) is 0 Å². The van der Waals surface area contributed by atoms with E-state index in [1.54, 1.807) is 29.2 Å². The molecule has 0 aromatic carbocycles. The predicted molar refractivity (Wildman–Crippen MR) is 142 cm³/mol. The van der Waals surface area contributed by atoms with Crippen molar-refractivity contribution in [2.45, 2.75) is 46.1 Å². The fraction of sp³-hybridized carbons (Fsp3) is 0.360. The molecule has 1 aliphatic carbocycles. The number of carbonyl (C=O) groups excluding carboxylic acids is 2. The highest BCUT2D eigenvalue weighted by Crippen LogP contribution is 2.36. The van der Waals surface area contributed by atoms with Crippen LogP contribution in [-0.4, -0.2) is 49.7 Å². The maximum Gasteiger partial charge on any atom is 0.276 e. The van der Waals surface area contributed by atoms with E-state index in [1.807, 2.05) is 13.8 Å². The lowest BCUT2D eigenvalue weighted by Crippen LogP contribution is -2.34. The number of carbonyl (C=O) groups is 2. The molecule has 2 amide bonds. The highest BCUT2D eigenvalue weighted by molar-refractivity contribution is 7.11. The topological polar surface area (TPSA) is 156 Å². The molecule has 0 radical (unpaired) electrons. The molecule has 37 heavy (non-hydrogen) atoms. The molecule has 1 unspecified atom stereocenters. The molecule has 1 saturated carbocycles. The van der Waals surface area contributed by atoms with Crippen molar-refractivity contribution in [3.8, 4) is 5.88 Å². The summed E-state index contributed by atoms with van der Waals surface area (Å²) in [5.74, 6) is 0.684. The maximum atomic E-state index is 13.5. The van der Waals surface area contributed by atoms with Crippen LogP contribution in [0.1, 0.15) is 54.0 Å². The van der Waals surface area contributed by atoms with Gasteiger partial charge in [0.15, 0.2) is 0 Å². The number of anilines is 4. The smallest absolute Gasteiger partial charge is 0.276 e. The fourth-order valence-corrected chi connectivity index (χ4v) is 5.22. The van der Waals surface area contributed by atoms with Crippen molar-refractivity contribution in [1.82, 2.24) is 19.7 Å². The van der Waals surface area contributed by atoms with Crippen molar-refractivity contribution in [1.29, 1.82) is 5.41 Å². The number of nitrogens with zero attached hydrogens (tertiary/aromatic N) is 4. The van der Waals surface area contributed by atoms with E-state index in [1.165, 1.54) is 6.92 Å². The molecule has 192 valence electrons. The molecule has 5 N–H and O–H groups in total. The van der Waals surface area contributed by atoms with Gasteiger partial charge in [-0.1, -0.05) is 6.07 Å². The lowest BCUT2D eigenvalue weighted by Gasteiger charge is -2.18. The molecule has 3 aromatic rings. The van der Waals surface area contributed by atoms with Crippen molar-refractivity contribution in [2.75, 3.05) is 22.1 Å². The van der Waals surface area contributed by atoms with Gasteiger partial charge < -0.3 is 26.0 Å². The van der Waals surface area contributed by atoms with E-state index in [0.717, 1.165) is 35.6 Å². The number of pyridine rings is 2. The third-order valence-electron chi connectivity index (χ3n) is 6.57. The van der Waals surface area contributed by atoms with Crippen molar-refractivity contribution < 1.29 is 14.7 Å². The van der Waals surface area contributed by atoms with Gasteiger partial charge in [0.1, 0.15) is 33.7 Å². The molecular formula is C25H28N8O3S. The van der Waals surface area contributed by atoms with Crippen LogP contribution in [0, 0.1) is 18.3 Å². The second-order valence-electron chi connectivity index (χ2n) is 9.37. The number of hydrogen-bond donors (Lipinski definition) is 5. The molecule has 4 heterocycles. The number of rotatable bonds is 7. The minimum atomic E-state index is -0.276. The van der Waals surface area contributed by atoms with E-state index in [4.69, 9.17) is 5.41 Å². The Balaban J connectivity index is 1.36. The Hall–Kier alpha value is -4.06. The van der Waals surface area contributed by atoms with Gasteiger partial charge in [0, 0.05) is 31.3 Å². The molecule has 2 aliphatic rings. The van der Waals surface area contributed by atoms with Gasteiger partial charge in [-0.2, -0.15) is 4.37 Å². The van der Waals surface area contributed by atoms with Crippen LogP contribution in [0.5, 0.6) is 5.88 Å². The van der Waals surface area contributed by atoms with Crippen LogP contribution >= 0.6 is 11.5 Å². The Morgan fingerprint density at radius 2 is 2.03 bits per heavy atom. The first-order valence-electron chi connectivity index (χ1n) is 12.1. The van der Waals surface area contributed by atoms with Gasteiger partial charge in [-0.15, -0.1) is 0 Å². The summed E-state index contributed by atoms with van der Waals surface area (Å²) in [6.45, 7) is 5.78. The second kappa shape index (κ2) is 9.77. The van der Waals surface area contributed by atoms with E-state index < -0.39 is 0 Å². The minimum absolute atomic E-state index is 0.0907. The maximum absolute atomic E-state index is 13.5. The molecule has 0 bridgehead atoms. The van der Waals surface area contributed by atoms with E-state index in [2.05, 4.69) is 30.3 Å². The van der Waals surface area contributed by atoms with Gasteiger partial charge >= 0.3 is 0 Å². The molecule has 12 heteroatoms. The molecular weight excluding hydrogens is 492 g/mol. The number of amides is 2. The first-order chi connectivity index (χ1) is 17.7. The van der Waals surface area contributed by atoms with Crippen molar-refractivity contribution >= 4 is 51.5 Å². The summed E-state index contributed by atoms with van der Waals surface area (Å²) >= 11 is 1.02. The summed E-state index contributed by atoms with van der Waals surface area (Å²) in [4.78, 5) is 35.6. The standard InChI is InChI=1S/C25H28N8O3S/c1-12(15-7-8-15)28-22(26)21-23(35)32-37-24(21)31-19-6-4-5-17(30-19)25(36)33-10-9-16-13(2)27-20(11-18(16)33)29-14(3)34/h4-6,11-12,15H,7-10H2,1-3H3,(H2,26,28)(H,30,31)(H,32,35)(H,27,29,34). The Labute approximate surface area is 218 Å². The van der Waals surface area contributed by atoms with Gasteiger partial charge in [-0.3, -0.25) is 15.0 Å². The highest BCUT2D eigenvalue weighted by atomic mass is 32.1. The van der Waals surface area contributed by atoms with Gasteiger partial charge in [0.25, 0.3) is 5.91 Å². The summed E-state index contributed by atoms with van der Waals surface area (Å²) in [5, 5.41) is 28.2. The number of amidine groups is 1. The van der Waals surface area contributed by atoms with Gasteiger partial charge in [-0.05, 0) is 68.3 Å². The zero-order valence-corrected chi connectivity index (χ0v) is 21.6. The fourth-order valence-electron chi connectivity index (χ4n) is 4.52. The molecule has 1 aliphatic heterocycles. The van der Waals surface area contributed by atoms with E-state index in [0.29, 0.717) is 41.2 Å². The van der Waals surface area contributed by atoms with Crippen LogP contribution in [0.15, 0.2) is 24.3 Å². The van der Waals surface area contributed by atoms with Crippen LogP contribution in [-0.2, 0) is 11.2 Å². The van der Waals surface area contributed by atoms with E-state index >= 15 is 0 Å². The average Bonchev–Trinajstić information content (AvgIpc) is 3.52. The average molecular weight is 521 g/mol. The Bertz CT molecular complexity index is 1400. The number of aryl methyl sites for hydroxylation is 1. The van der Waals surface area contributed by atoms with Crippen LogP contribution in [0.25, 0.3) is 0 Å². The number of nitrogens with one attached hydrogen (secondary N) is 4. The first-order valence-corrected chi connectivity index (χ1v) is 12.9. The lowest BCUT2D eigenvalue weighted by atomic mass is 10.1. The van der Waals surface area contributed by atoms with Crippen molar-refractivity contribution in [3.05, 3.63) is 46.8 Å². The minimum Gasteiger partial charge on any atom is -0.492 e. The van der Waals surface area contributed by atoms with Gasteiger partial charge in [-0.25, -0.2) is 9.97 Å². The molecule has 0 saturated heterocycles. The predicted octanol–water partition coefficient (Wildman–Crippen LogP) is 3.57. The highest BCUT2D eigenvalue weighted by Gasteiger charge is 2.31. The number of aromatic nitrogens is 3. The molecule has 3 aromatic heterocycles. The number of aromatic hydroxyl groups is 1. The third-order valence-corrected chi connectivity index (χ3v) is 7.32. The van der Waals surface area contributed by atoms with Crippen LogP contribution in [0.3, 0.4) is 0 Å². The summed E-state index contributed by atoms with van der Waals surface area (Å²) in [6.07, 6.45) is 2.94. The second-order valence-corrected chi connectivity index (χ2v) is 10.1. The SMILES string of the molecule is CC(=O)Nc1cc2c(c(C)n1)CCN2C(=O)c1cccc(Nc2snc(O)c2C(=N)NC(C)C2CC2)n1. The Morgan fingerprint density at radius 1 is 1.24 bits per heavy atom. The quantitative estimate of drug-likeness (QED) is 0.234. The molecule has 5 rings (SSSR count). The van der Waals surface area contributed by atoms with Crippen LogP contribution < -0.4 is 20.9 Å². The summed E-state index contributed by atoms with van der Waals surface area (Å²) in [5.41, 5.74) is 2.95. The van der Waals surface area contributed by atoms with Crippen LogP contribution in [0.4, 0.5) is 22.3 Å².